The predicted molar refractivity (Wildman–Crippen MR) is 88.8 cm³/mol. The Morgan fingerprint density at radius 3 is 2.96 bits per heavy atom. The SMILES string of the molecule is COC(=O)c1csc(NC(=O)N2CCC[C@@H]2c2cccn2C)c1. The van der Waals surface area contributed by atoms with Gasteiger partial charge in [0.25, 0.3) is 0 Å². The number of hydrogen-bond donors (Lipinski definition) is 1. The third kappa shape index (κ3) is 3.10. The van der Waals surface area contributed by atoms with Crippen molar-refractivity contribution in [3.63, 3.8) is 0 Å². The van der Waals surface area contributed by atoms with Gasteiger partial charge in [-0.3, -0.25) is 5.32 Å². The number of carbonyl (C=O) groups excluding carboxylic acids is 2. The molecule has 0 aromatic carbocycles. The molecule has 1 N–H and O–H groups in total. The van der Waals surface area contributed by atoms with Crippen LogP contribution in [0.25, 0.3) is 0 Å². The second-order valence-electron chi connectivity index (χ2n) is 5.52. The fourth-order valence-corrected chi connectivity index (χ4v) is 3.70. The van der Waals surface area contributed by atoms with E-state index in [0.717, 1.165) is 25.1 Å². The van der Waals surface area contributed by atoms with E-state index in [0.29, 0.717) is 10.6 Å². The number of aryl methyl sites for hydroxylation is 1. The lowest BCUT2D eigenvalue weighted by Crippen LogP contribution is -2.34. The van der Waals surface area contributed by atoms with Gasteiger partial charge in [-0.25, -0.2) is 9.59 Å². The van der Waals surface area contributed by atoms with Gasteiger partial charge in [0.15, 0.2) is 0 Å². The summed E-state index contributed by atoms with van der Waals surface area (Å²) < 4.78 is 6.73. The lowest BCUT2D eigenvalue weighted by atomic mass is 10.1. The van der Waals surface area contributed by atoms with Gasteiger partial charge in [0, 0.05) is 30.9 Å². The van der Waals surface area contributed by atoms with E-state index in [4.69, 9.17) is 0 Å². The molecule has 7 heteroatoms. The molecular formula is C16H19N3O3S. The zero-order chi connectivity index (χ0) is 16.4. The van der Waals surface area contributed by atoms with Gasteiger partial charge in [-0.2, -0.15) is 0 Å². The van der Waals surface area contributed by atoms with Crippen LogP contribution in [0, 0.1) is 0 Å². The first-order valence-electron chi connectivity index (χ1n) is 7.46. The molecule has 0 saturated carbocycles. The monoisotopic (exact) mass is 333 g/mol. The van der Waals surface area contributed by atoms with Gasteiger partial charge in [-0.1, -0.05) is 0 Å². The molecule has 2 amide bonds. The summed E-state index contributed by atoms with van der Waals surface area (Å²) in [4.78, 5) is 25.9. The van der Waals surface area contributed by atoms with Crippen molar-refractivity contribution < 1.29 is 14.3 Å². The Labute approximate surface area is 138 Å². The van der Waals surface area contributed by atoms with Crippen molar-refractivity contribution in [2.24, 2.45) is 7.05 Å². The molecule has 6 nitrogen and oxygen atoms in total. The number of esters is 1. The van der Waals surface area contributed by atoms with Crippen molar-refractivity contribution >= 4 is 28.3 Å². The number of rotatable bonds is 3. The molecule has 0 bridgehead atoms. The molecule has 23 heavy (non-hydrogen) atoms. The molecule has 1 saturated heterocycles. The van der Waals surface area contributed by atoms with Crippen LogP contribution in [-0.2, 0) is 11.8 Å². The number of methoxy groups -OCH3 is 1. The number of ether oxygens (including phenoxy) is 1. The number of aromatic nitrogens is 1. The summed E-state index contributed by atoms with van der Waals surface area (Å²) in [5.74, 6) is -0.399. The average Bonchev–Trinajstić information content (AvgIpc) is 3.25. The van der Waals surface area contributed by atoms with E-state index in [-0.39, 0.29) is 12.1 Å². The van der Waals surface area contributed by atoms with Gasteiger partial charge in [0.05, 0.1) is 23.7 Å². The van der Waals surface area contributed by atoms with E-state index in [1.54, 1.807) is 11.4 Å². The van der Waals surface area contributed by atoms with E-state index < -0.39 is 5.97 Å². The predicted octanol–water partition coefficient (Wildman–Crippen LogP) is 3.24. The van der Waals surface area contributed by atoms with Crippen LogP contribution in [-0.4, -0.2) is 35.1 Å². The largest absolute Gasteiger partial charge is 0.465 e. The maximum Gasteiger partial charge on any atom is 0.338 e. The normalized spacial score (nSPS) is 17.3. The summed E-state index contributed by atoms with van der Waals surface area (Å²) in [6.45, 7) is 0.733. The first-order chi connectivity index (χ1) is 11.1. The van der Waals surface area contributed by atoms with Crippen molar-refractivity contribution in [3.8, 4) is 0 Å². The Morgan fingerprint density at radius 1 is 1.43 bits per heavy atom. The number of likely N-dealkylation sites (tertiary alicyclic amines) is 1. The van der Waals surface area contributed by atoms with Gasteiger partial charge in [0.1, 0.15) is 0 Å². The summed E-state index contributed by atoms with van der Waals surface area (Å²) >= 11 is 1.32. The standard InChI is InChI=1S/C16H19N3O3S/c1-18-7-3-5-12(18)13-6-4-8-19(13)16(21)17-14-9-11(10-23-14)15(20)22-2/h3,5,7,9-10,13H,4,6,8H2,1-2H3,(H,17,21)/t13-/m1/s1. The van der Waals surface area contributed by atoms with Crippen LogP contribution < -0.4 is 5.32 Å². The Balaban J connectivity index is 1.71. The number of urea groups is 1. The summed E-state index contributed by atoms with van der Waals surface area (Å²) in [6, 6.07) is 5.65. The third-order valence-electron chi connectivity index (χ3n) is 4.09. The highest BCUT2D eigenvalue weighted by molar-refractivity contribution is 7.14. The average molecular weight is 333 g/mol. The molecule has 0 spiro atoms. The van der Waals surface area contributed by atoms with E-state index in [9.17, 15) is 9.59 Å². The van der Waals surface area contributed by atoms with Crippen LogP contribution in [0.3, 0.4) is 0 Å². The lowest BCUT2D eigenvalue weighted by molar-refractivity contribution is 0.0601. The Kier molecular flexibility index (Phi) is 4.38. The topological polar surface area (TPSA) is 63.6 Å². The van der Waals surface area contributed by atoms with Crippen LogP contribution in [0.4, 0.5) is 9.80 Å². The van der Waals surface area contributed by atoms with Crippen molar-refractivity contribution in [2.45, 2.75) is 18.9 Å². The van der Waals surface area contributed by atoms with Crippen molar-refractivity contribution in [1.29, 1.82) is 0 Å². The van der Waals surface area contributed by atoms with Gasteiger partial charge in [-0.05, 0) is 31.0 Å². The van der Waals surface area contributed by atoms with Gasteiger partial charge in [0.2, 0.25) is 0 Å². The van der Waals surface area contributed by atoms with E-state index in [1.807, 2.05) is 24.2 Å². The second-order valence-corrected chi connectivity index (χ2v) is 6.43. The first-order valence-corrected chi connectivity index (χ1v) is 8.34. The number of nitrogens with one attached hydrogen (secondary N) is 1. The van der Waals surface area contributed by atoms with Crippen LogP contribution in [0.15, 0.2) is 29.8 Å². The molecule has 1 aliphatic rings. The van der Waals surface area contributed by atoms with Crippen molar-refractivity contribution in [2.75, 3.05) is 19.0 Å². The molecular weight excluding hydrogens is 314 g/mol. The van der Waals surface area contributed by atoms with Crippen molar-refractivity contribution in [3.05, 3.63) is 41.0 Å². The molecule has 3 heterocycles. The zero-order valence-electron chi connectivity index (χ0n) is 13.1. The fourth-order valence-electron chi connectivity index (χ4n) is 2.94. The highest BCUT2D eigenvalue weighted by atomic mass is 32.1. The maximum absolute atomic E-state index is 12.6. The third-order valence-corrected chi connectivity index (χ3v) is 4.94. The molecule has 1 aliphatic heterocycles. The van der Waals surface area contributed by atoms with Crippen LogP contribution >= 0.6 is 11.3 Å². The second kappa shape index (κ2) is 6.45. The van der Waals surface area contributed by atoms with Crippen molar-refractivity contribution in [1.82, 2.24) is 9.47 Å². The highest BCUT2D eigenvalue weighted by Gasteiger charge is 2.31. The number of anilines is 1. The van der Waals surface area contributed by atoms with Crippen LogP contribution in [0.1, 0.15) is 34.9 Å². The van der Waals surface area contributed by atoms with Gasteiger partial charge in [-0.15, -0.1) is 11.3 Å². The minimum atomic E-state index is -0.399. The van der Waals surface area contributed by atoms with Crippen LogP contribution in [0.5, 0.6) is 0 Å². The number of nitrogens with zero attached hydrogens (tertiary/aromatic N) is 2. The molecule has 2 aromatic heterocycles. The molecule has 0 radical (unpaired) electrons. The fraction of sp³-hybridized carbons (Fsp3) is 0.375. The molecule has 1 atom stereocenters. The molecule has 0 unspecified atom stereocenters. The molecule has 1 fully saturated rings. The molecule has 0 aliphatic carbocycles. The number of hydrogen-bond acceptors (Lipinski definition) is 4. The summed E-state index contributed by atoms with van der Waals surface area (Å²) in [6.07, 6.45) is 3.94. The van der Waals surface area contributed by atoms with E-state index in [1.165, 1.54) is 18.4 Å². The van der Waals surface area contributed by atoms with E-state index in [2.05, 4.69) is 20.7 Å². The Bertz CT molecular complexity index is 722. The smallest absolute Gasteiger partial charge is 0.338 e. The summed E-state index contributed by atoms with van der Waals surface area (Å²) in [5, 5.41) is 5.21. The zero-order valence-corrected chi connectivity index (χ0v) is 13.9. The minimum Gasteiger partial charge on any atom is -0.465 e. The molecule has 122 valence electrons. The minimum absolute atomic E-state index is 0.0926. The maximum atomic E-state index is 12.6. The Morgan fingerprint density at radius 2 is 2.26 bits per heavy atom. The van der Waals surface area contributed by atoms with E-state index >= 15 is 0 Å². The number of carbonyl (C=O) groups is 2. The summed E-state index contributed by atoms with van der Waals surface area (Å²) in [5.41, 5.74) is 1.59. The number of amides is 2. The molecule has 3 rings (SSSR count). The lowest BCUT2D eigenvalue weighted by Gasteiger charge is -2.25. The first kappa shape index (κ1) is 15.6. The van der Waals surface area contributed by atoms with Crippen LogP contribution in [0.2, 0.25) is 0 Å². The van der Waals surface area contributed by atoms with Gasteiger partial charge >= 0.3 is 12.0 Å². The highest BCUT2D eigenvalue weighted by Crippen LogP contribution is 2.33. The summed E-state index contributed by atoms with van der Waals surface area (Å²) in [7, 11) is 3.33. The quantitative estimate of drug-likeness (QED) is 0.877. The van der Waals surface area contributed by atoms with Gasteiger partial charge < -0.3 is 14.2 Å². The Hall–Kier alpha value is -2.28. The number of thiophene rings is 1. The molecule has 2 aromatic rings.